The van der Waals surface area contributed by atoms with Crippen molar-refractivity contribution in [3.8, 4) is 0 Å². The Morgan fingerprint density at radius 3 is 2.89 bits per heavy atom. The van der Waals surface area contributed by atoms with Gasteiger partial charge >= 0.3 is 0 Å². The molecular weight excluding hydrogens is 244 g/mol. The molecule has 0 atom stereocenters. The van der Waals surface area contributed by atoms with Crippen LogP contribution in [0.15, 0.2) is 24.7 Å². The largest absolute Gasteiger partial charge is 0.397 e. The van der Waals surface area contributed by atoms with Crippen LogP contribution in [-0.2, 0) is 13.5 Å². The van der Waals surface area contributed by atoms with E-state index in [0.29, 0.717) is 23.6 Å². The van der Waals surface area contributed by atoms with E-state index in [1.807, 2.05) is 13.2 Å². The topological polar surface area (TPSA) is 112 Å². The third kappa shape index (κ3) is 3.21. The van der Waals surface area contributed by atoms with E-state index >= 15 is 0 Å². The minimum Gasteiger partial charge on any atom is -0.397 e. The summed E-state index contributed by atoms with van der Waals surface area (Å²) in [5, 5.41) is 7.16. The van der Waals surface area contributed by atoms with Crippen LogP contribution >= 0.6 is 0 Å². The van der Waals surface area contributed by atoms with E-state index in [4.69, 9.17) is 11.5 Å². The fourth-order valence-electron chi connectivity index (χ4n) is 1.74. The predicted octanol–water partition coefficient (Wildman–Crippen LogP) is 0.151. The van der Waals surface area contributed by atoms with Crippen molar-refractivity contribution in [3.05, 3.63) is 35.8 Å². The summed E-state index contributed by atoms with van der Waals surface area (Å²) in [5.74, 6) is -0.103. The molecule has 2 heterocycles. The van der Waals surface area contributed by atoms with Gasteiger partial charge in [-0.15, -0.1) is 0 Å². The molecule has 0 unspecified atom stereocenters. The highest BCUT2D eigenvalue weighted by molar-refractivity contribution is 5.98. The van der Waals surface area contributed by atoms with E-state index in [1.165, 1.54) is 12.3 Å². The van der Waals surface area contributed by atoms with Crippen LogP contribution in [0.2, 0.25) is 0 Å². The van der Waals surface area contributed by atoms with Gasteiger partial charge in [-0.05, 0) is 18.1 Å². The van der Waals surface area contributed by atoms with Crippen molar-refractivity contribution in [1.29, 1.82) is 0 Å². The maximum Gasteiger partial charge on any atom is 0.252 e. The summed E-state index contributed by atoms with van der Waals surface area (Å²) in [7, 11) is 1.86. The number of carbonyl (C=O) groups excluding carboxylic acids is 1. The second kappa shape index (κ2) is 5.38. The lowest BCUT2D eigenvalue weighted by molar-refractivity contribution is 0.100. The average Bonchev–Trinajstić information content (AvgIpc) is 2.77. The Labute approximate surface area is 110 Å². The maximum atomic E-state index is 11.3. The normalized spacial score (nSPS) is 10.4. The van der Waals surface area contributed by atoms with Gasteiger partial charge < -0.3 is 16.8 Å². The standard InChI is InChI=1S/C12H16N6O/c1-18-7-8(5-17-18)2-3-15-12-10(11(14)19)4-9(13)6-16-12/h4-7H,2-3,13H2,1H3,(H2,14,19)(H,15,16). The van der Waals surface area contributed by atoms with Crippen LogP contribution in [0.4, 0.5) is 11.5 Å². The number of nitrogens with zero attached hydrogens (tertiary/aromatic N) is 3. The van der Waals surface area contributed by atoms with Crippen LogP contribution < -0.4 is 16.8 Å². The number of nitrogen functional groups attached to an aromatic ring is 1. The van der Waals surface area contributed by atoms with E-state index < -0.39 is 5.91 Å². The summed E-state index contributed by atoms with van der Waals surface area (Å²) in [5.41, 5.74) is 12.7. The molecule has 0 saturated carbocycles. The molecule has 2 aromatic heterocycles. The van der Waals surface area contributed by atoms with Crippen LogP contribution in [0.1, 0.15) is 15.9 Å². The number of amides is 1. The van der Waals surface area contributed by atoms with E-state index in [2.05, 4.69) is 15.4 Å². The second-order valence-corrected chi connectivity index (χ2v) is 4.23. The second-order valence-electron chi connectivity index (χ2n) is 4.23. The summed E-state index contributed by atoms with van der Waals surface area (Å²) in [6.45, 7) is 0.628. The Balaban J connectivity index is 2.01. The molecule has 1 amide bonds. The molecule has 0 aliphatic rings. The fourth-order valence-corrected chi connectivity index (χ4v) is 1.74. The molecular formula is C12H16N6O. The Morgan fingerprint density at radius 2 is 2.26 bits per heavy atom. The number of nitrogens with two attached hydrogens (primary N) is 2. The number of pyridine rings is 1. The fraction of sp³-hybridized carbons (Fsp3) is 0.250. The molecule has 0 fully saturated rings. The molecule has 0 radical (unpaired) electrons. The van der Waals surface area contributed by atoms with Crippen LogP contribution in [0.25, 0.3) is 0 Å². The van der Waals surface area contributed by atoms with E-state index in [0.717, 1.165) is 12.0 Å². The van der Waals surface area contributed by atoms with Gasteiger partial charge in [-0.3, -0.25) is 9.48 Å². The monoisotopic (exact) mass is 260 g/mol. The molecule has 19 heavy (non-hydrogen) atoms. The van der Waals surface area contributed by atoms with Gasteiger partial charge in [0.15, 0.2) is 0 Å². The highest BCUT2D eigenvalue weighted by atomic mass is 16.1. The zero-order valence-corrected chi connectivity index (χ0v) is 10.6. The molecule has 0 aliphatic carbocycles. The van der Waals surface area contributed by atoms with Crippen molar-refractivity contribution < 1.29 is 4.79 Å². The number of aromatic nitrogens is 3. The summed E-state index contributed by atoms with van der Waals surface area (Å²) in [6.07, 6.45) is 6.00. The number of hydrogen-bond acceptors (Lipinski definition) is 5. The first-order valence-electron chi connectivity index (χ1n) is 5.83. The number of rotatable bonds is 5. The van der Waals surface area contributed by atoms with E-state index in [1.54, 1.807) is 10.9 Å². The Morgan fingerprint density at radius 1 is 1.47 bits per heavy atom. The highest BCUT2D eigenvalue weighted by Gasteiger charge is 2.09. The van der Waals surface area contributed by atoms with Gasteiger partial charge in [0, 0.05) is 19.8 Å². The van der Waals surface area contributed by atoms with E-state index in [-0.39, 0.29) is 0 Å². The van der Waals surface area contributed by atoms with Crippen molar-refractivity contribution in [2.75, 3.05) is 17.6 Å². The van der Waals surface area contributed by atoms with Crippen molar-refractivity contribution in [3.63, 3.8) is 0 Å². The van der Waals surface area contributed by atoms with Crippen molar-refractivity contribution in [2.24, 2.45) is 12.8 Å². The van der Waals surface area contributed by atoms with Crippen LogP contribution in [-0.4, -0.2) is 27.2 Å². The molecule has 0 bridgehead atoms. The van der Waals surface area contributed by atoms with E-state index in [9.17, 15) is 4.79 Å². The Kier molecular flexibility index (Phi) is 3.65. The third-order valence-corrected chi connectivity index (χ3v) is 2.64. The van der Waals surface area contributed by atoms with Gasteiger partial charge in [0.1, 0.15) is 5.82 Å². The predicted molar refractivity (Wildman–Crippen MR) is 72.6 cm³/mol. The number of primary amides is 1. The van der Waals surface area contributed by atoms with Gasteiger partial charge in [0.05, 0.1) is 23.6 Å². The van der Waals surface area contributed by atoms with Gasteiger partial charge in [-0.2, -0.15) is 5.10 Å². The van der Waals surface area contributed by atoms with Gasteiger partial charge in [0.2, 0.25) is 0 Å². The number of hydrogen-bond donors (Lipinski definition) is 3. The summed E-state index contributed by atoms with van der Waals surface area (Å²) < 4.78 is 1.74. The van der Waals surface area contributed by atoms with Gasteiger partial charge in [-0.1, -0.05) is 0 Å². The quantitative estimate of drug-likeness (QED) is 0.708. The highest BCUT2D eigenvalue weighted by Crippen LogP contribution is 2.14. The first kappa shape index (κ1) is 12.9. The van der Waals surface area contributed by atoms with Gasteiger partial charge in [0.25, 0.3) is 5.91 Å². The van der Waals surface area contributed by atoms with Crippen LogP contribution in [0.3, 0.4) is 0 Å². The molecule has 0 aromatic carbocycles. The molecule has 0 saturated heterocycles. The van der Waals surface area contributed by atoms with Crippen molar-refractivity contribution in [2.45, 2.75) is 6.42 Å². The van der Waals surface area contributed by atoms with Gasteiger partial charge in [-0.25, -0.2) is 4.98 Å². The number of anilines is 2. The number of nitrogens with one attached hydrogen (secondary N) is 1. The minimum atomic E-state index is -0.552. The number of carbonyl (C=O) groups is 1. The summed E-state index contributed by atoms with van der Waals surface area (Å²) in [4.78, 5) is 15.4. The lowest BCUT2D eigenvalue weighted by Crippen LogP contribution is -2.17. The lowest BCUT2D eigenvalue weighted by Gasteiger charge is -2.08. The number of aryl methyl sites for hydroxylation is 1. The molecule has 2 rings (SSSR count). The smallest absolute Gasteiger partial charge is 0.252 e. The Hall–Kier alpha value is -2.57. The molecule has 100 valence electrons. The van der Waals surface area contributed by atoms with Crippen molar-refractivity contribution in [1.82, 2.24) is 14.8 Å². The van der Waals surface area contributed by atoms with Crippen LogP contribution in [0.5, 0.6) is 0 Å². The first-order valence-corrected chi connectivity index (χ1v) is 5.83. The molecule has 0 spiro atoms. The third-order valence-electron chi connectivity index (χ3n) is 2.64. The molecule has 2 aromatic rings. The average molecular weight is 260 g/mol. The minimum absolute atomic E-state index is 0.297. The zero-order chi connectivity index (χ0) is 13.8. The maximum absolute atomic E-state index is 11.3. The lowest BCUT2D eigenvalue weighted by atomic mass is 10.2. The molecule has 0 aliphatic heterocycles. The summed E-state index contributed by atoms with van der Waals surface area (Å²) in [6, 6.07) is 1.52. The van der Waals surface area contributed by atoms with Crippen LogP contribution in [0, 0.1) is 0 Å². The summed E-state index contributed by atoms with van der Waals surface area (Å²) >= 11 is 0. The molecule has 7 heteroatoms. The molecule has 7 nitrogen and oxygen atoms in total. The molecule has 5 N–H and O–H groups in total. The SMILES string of the molecule is Cn1cc(CCNc2ncc(N)cc2C(N)=O)cn1. The first-order chi connectivity index (χ1) is 9.06. The van der Waals surface area contributed by atoms with Crippen molar-refractivity contribution >= 4 is 17.4 Å². The Bertz CT molecular complexity index is 592. The zero-order valence-electron chi connectivity index (χ0n) is 10.6.